The van der Waals surface area contributed by atoms with Gasteiger partial charge < -0.3 is 9.72 Å². The highest BCUT2D eigenvalue weighted by molar-refractivity contribution is 5.96. The lowest BCUT2D eigenvalue weighted by atomic mass is 9.97. The Kier molecular flexibility index (Phi) is 2.89. The molecule has 0 amide bonds. The Hall–Kier alpha value is -2.43. The molecule has 0 aliphatic carbocycles. The quantitative estimate of drug-likeness (QED) is 0.699. The molecule has 0 bridgehead atoms. The summed E-state index contributed by atoms with van der Waals surface area (Å²) >= 11 is 0. The molecule has 22 heavy (non-hydrogen) atoms. The molecule has 4 rings (SSSR count). The fraction of sp³-hybridized carbons (Fsp3) is 0.176. The van der Waals surface area contributed by atoms with Gasteiger partial charge in [-0.05, 0) is 31.0 Å². The van der Waals surface area contributed by atoms with E-state index in [1.807, 2.05) is 0 Å². The fourth-order valence-electron chi connectivity index (χ4n) is 2.98. The molecule has 0 saturated carbocycles. The van der Waals surface area contributed by atoms with Crippen molar-refractivity contribution in [1.29, 1.82) is 0 Å². The molecule has 0 saturated heterocycles. The van der Waals surface area contributed by atoms with Crippen LogP contribution >= 0.6 is 0 Å². The first-order chi connectivity index (χ1) is 10.6. The summed E-state index contributed by atoms with van der Waals surface area (Å²) in [6.07, 6.45) is 2.72. The Labute approximate surface area is 124 Å². The van der Waals surface area contributed by atoms with Gasteiger partial charge in [0.25, 0.3) is 0 Å². The average molecular weight is 303 g/mol. The summed E-state index contributed by atoms with van der Waals surface area (Å²) in [6, 6.07) is 5.33. The summed E-state index contributed by atoms with van der Waals surface area (Å²) in [4.78, 5) is 2.86. The zero-order valence-electron chi connectivity index (χ0n) is 11.6. The molecule has 1 aromatic heterocycles. The van der Waals surface area contributed by atoms with Gasteiger partial charge in [-0.3, -0.25) is 0 Å². The largest absolute Gasteiger partial charge is 0.493 e. The minimum Gasteiger partial charge on any atom is -0.493 e. The van der Waals surface area contributed by atoms with Gasteiger partial charge in [0.2, 0.25) is 0 Å². The lowest BCUT2D eigenvalue weighted by Crippen LogP contribution is -2.11. The van der Waals surface area contributed by atoms with Gasteiger partial charge >= 0.3 is 0 Å². The predicted molar refractivity (Wildman–Crippen MR) is 77.4 cm³/mol. The lowest BCUT2D eigenvalue weighted by Gasteiger charge is -2.19. The Morgan fingerprint density at radius 3 is 2.82 bits per heavy atom. The molecule has 5 heteroatoms. The Morgan fingerprint density at radius 2 is 1.95 bits per heavy atom. The number of fused-ring (bicyclic) bond motifs is 2. The van der Waals surface area contributed by atoms with E-state index in [0.29, 0.717) is 41.5 Å². The van der Waals surface area contributed by atoms with E-state index in [0.717, 1.165) is 0 Å². The SMILES string of the molecule is Fc1ccc2c(-c3c(F)cc4c(c3F)CCCO4)c[nH]c2c1. The molecule has 0 fully saturated rings. The molecule has 2 aromatic carbocycles. The summed E-state index contributed by atoms with van der Waals surface area (Å²) in [5.41, 5.74) is 1.20. The van der Waals surface area contributed by atoms with Gasteiger partial charge in [-0.25, -0.2) is 13.2 Å². The van der Waals surface area contributed by atoms with E-state index in [4.69, 9.17) is 4.74 Å². The second-order valence-electron chi connectivity index (χ2n) is 5.37. The van der Waals surface area contributed by atoms with Crippen LogP contribution in [0.5, 0.6) is 5.75 Å². The van der Waals surface area contributed by atoms with Crippen molar-refractivity contribution < 1.29 is 17.9 Å². The highest BCUT2D eigenvalue weighted by Gasteiger charge is 2.24. The van der Waals surface area contributed by atoms with Crippen LogP contribution in [0.1, 0.15) is 12.0 Å². The van der Waals surface area contributed by atoms with Gasteiger partial charge in [-0.15, -0.1) is 0 Å². The molecule has 1 aliphatic heterocycles. The van der Waals surface area contributed by atoms with Crippen molar-refractivity contribution in [3.63, 3.8) is 0 Å². The first-order valence-corrected chi connectivity index (χ1v) is 7.06. The van der Waals surface area contributed by atoms with Gasteiger partial charge in [0, 0.05) is 34.3 Å². The van der Waals surface area contributed by atoms with E-state index in [-0.39, 0.29) is 11.3 Å². The summed E-state index contributed by atoms with van der Waals surface area (Å²) in [7, 11) is 0. The highest BCUT2D eigenvalue weighted by Crippen LogP contribution is 2.39. The maximum atomic E-state index is 14.8. The number of rotatable bonds is 1. The minimum absolute atomic E-state index is 0.0953. The van der Waals surface area contributed by atoms with Crippen LogP contribution in [0.15, 0.2) is 30.5 Å². The minimum atomic E-state index is -0.677. The maximum Gasteiger partial charge on any atom is 0.140 e. The molecule has 1 N–H and O–H groups in total. The molecule has 2 nitrogen and oxygen atoms in total. The van der Waals surface area contributed by atoms with E-state index in [1.165, 1.54) is 30.5 Å². The highest BCUT2D eigenvalue weighted by atomic mass is 19.1. The van der Waals surface area contributed by atoms with Crippen LogP contribution in [-0.2, 0) is 6.42 Å². The molecule has 0 unspecified atom stereocenters. The second-order valence-corrected chi connectivity index (χ2v) is 5.37. The smallest absolute Gasteiger partial charge is 0.140 e. The number of halogens is 3. The number of H-pyrrole nitrogens is 1. The fourth-order valence-corrected chi connectivity index (χ4v) is 2.98. The normalized spacial score (nSPS) is 14.0. The lowest BCUT2D eigenvalue weighted by molar-refractivity contribution is 0.282. The van der Waals surface area contributed by atoms with Crippen molar-refractivity contribution in [2.45, 2.75) is 12.8 Å². The van der Waals surface area contributed by atoms with Crippen molar-refractivity contribution >= 4 is 10.9 Å². The van der Waals surface area contributed by atoms with Crippen molar-refractivity contribution in [1.82, 2.24) is 4.98 Å². The first-order valence-electron chi connectivity index (χ1n) is 7.06. The summed E-state index contributed by atoms with van der Waals surface area (Å²) in [6.45, 7) is 0.470. The van der Waals surface area contributed by atoms with Crippen molar-refractivity contribution in [2.24, 2.45) is 0 Å². The van der Waals surface area contributed by atoms with E-state index in [2.05, 4.69) is 4.98 Å². The summed E-state index contributed by atoms with van der Waals surface area (Å²) in [5.74, 6) is -1.40. The molecule has 0 atom stereocenters. The van der Waals surface area contributed by atoms with Crippen LogP contribution in [0.4, 0.5) is 13.2 Å². The number of ether oxygens (including phenoxy) is 1. The Morgan fingerprint density at radius 1 is 1.09 bits per heavy atom. The molecular formula is C17H12F3NO. The second kappa shape index (κ2) is 4.80. The van der Waals surface area contributed by atoms with Crippen molar-refractivity contribution in [3.8, 4) is 16.9 Å². The van der Waals surface area contributed by atoms with Crippen LogP contribution in [-0.4, -0.2) is 11.6 Å². The molecule has 2 heterocycles. The van der Waals surface area contributed by atoms with Crippen molar-refractivity contribution in [3.05, 3.63) is 53.5 Å². The molecule has 112 valence electrons. The van der Waals surface area contributed by atoms with Crippen LogP contribution in [0, 0.1) is 17.5 Å². The summed E-state index contributed by atoms with van der Waals surface area (Å²) in [5, 5.41) is 0.580. The van der Waals surface area contributed by atoms with Gasteiger partial charge in [-0.2, -0.15) is 0 Å². The van der Waals surface area contributed by atoms with Crippen LogP contribution in [0.25, 0.3) is 22.0 Å². The van der Waals surface area contributed by atoms with E-state index >= 15 is 0 Å². The molecule has 0 radical (unpaired) electrons. The number of hydrogen-bond acceptors (Lipinski definition) is 1. The molecular weight excluding hydrogens is 291 g/mol. The molecule has 1 aliphatic rings. The number of aromatic amines is 1. The van der Waals surface area contributed by atoms with Crippen molar-refractivity contribution in [2.75, 3.05) is 6.61 Å². The van der Waals surface area contributed by atoms with E-state index in [1.54, 1.807) is 0 Å². The average Bonchev–Trinajstić information content (AvgIpc) is 2.90. The number of benzene rings is 2. The summed E-state index contributed by atoms with van der Waals surface area (Å²) < 4.78 is 47.7. The third-order valence-electron chi connectivity index (χ3n) is 4.02. The van der Waals surface area contributed by atoms with Crippen LogP contribution in [0.2, 0.25) is 0 Å². The predicted octanol–water partition coefficient (Wildman–Crippen LogP) is 4.58. The van der Waals surface area contributed by atoms with E-state index < -0.39 is 17.5 Å². The maximum absolute atomic E-state index is 14.8. The monoisotopic (exact) mass is 303 g/mol. The first kappa shape index (κ1) is 13.2. The zero-order chi connectivity index (χ0) is 15.3. The third-order valence-corrected chi connectivity index (χ3v) is 4.02. The van der Waals surface area contributed by atoms with Gasteiger partial charge in [0.15, 0.2) is 0 Å². The zero-order valence-corrected chi connectivity index (χ0v) is 11.6. The van der Waals surface area contributed by atoms with Gasteiger partial charge in [0.1, 0.15) is 23.2 Å². The standard InChI is InChI=1S/C17H12F3NO/c18-9-3-4-10-12(8-21-14(10)6-9)16-13(19)7-15-11(17(16)20)2-1-5-22-15/h3-4,6-8,21H,1-2,5H2. The van der Waals surface area contributed by atoms with Crippen LogP contribution < -0.4 is 4.74 Å². The van der Waals surface area contributed by atoms with Gasteiger partial charge in [0.05, 0.1) is 12.2 Å². The topological polar surface area (TPSA) is 25.0 Å². The molecule has 0 spiro atoms. The third kappa shape index (κ3) is 1.89. The van der Waals surface area contributed by atoms with Gasteiger partial charge in [-0.1, -0.05) is 0 Å². The van der Waals surface area contributed by atoms with Crippen LogP contribution in [0.3, 0.4) is 0 Å². The number of nitrogens with one attached hydrogen (secondary N) is 1. The number of hydrogen-bond donors (Lipinski definition) is 1. The Bertz CT molecular complexity index is 885. The number of aromatic nitrogens is 1. The Balaban J connectivity index is 1.98. The van der Waals surface area contributed by atoms with E-state index in [9.17, 15) is 13.2 Å². The molecule has 3 aromatic rings.